The first-order valence-electron chi connectivity index (χ1n) is 5.79. The molecule has 1 aromatic carbocycles. The summed E-state index contributed by atoms with van der Waals surface area (Å²) in [5.41, 5.74) is 0.748. The number of hydrogen-bond donors (Lipinski definition) is 1. The predicted octanol–water partition coefficient (Wildman–Crippen LogP) is 4.83. The molecule has 0 fully saturated rings. The second-order valence-corrected chi connectivity index (χ2v) is 5.46. The van der Waals surface area contributed by atoms with Gasteiger partial charge < -0.3 is 5.32 Å². The van der Waals surface area contributed by atoms with Gasteiger partial charge in [0.25, 0.3) is 0 Å². The van der Waals surface area contributed by atoms with E-state index in [9.17, 15) is 4.39 Å². The Hall–Kier alpha value is -0.310. The minimum absolute atomic E-state index is 0.0213. The topological polar surface area (TPSA) is 12.0 Å². The molecule has 4 heteroatoms. The van der Waals surface area contributed by atoms with Crippen molar-refractivity contribution >= 4 is 23.2 Å². The lowest BCUT2D eigenvalue weighted by molar-refractivity contribution is 0.495. The molecule has 0 aromatic heterocycles. The zero-order valence-electron chi connectivity index (χ0n) is 10.4. The van der Waals surface area contributed by atoms with Gasteiger partial charge in [0.15, 0.2) is 0 Å². The van der Waals surface area contributed by atoms with Gasteiger partial charge >= 0.3 is 0 Å². The number of hydrogen-bond acceptors (Lipinski definition) is 1. The Kier molecular flexibility index (Phi) is 5.71. The van der Waals surface area contributed by atoms with E-state index in [1.54, 1.807) is 0 Å². The fraction of sp³-hybridized carbons (Fsp3) is 0.538. The van der Waals surface area contributed by atoms with Crippen LogP contribution < -0.4 is 5.32 Å². The second kappa shape index (κ2) is 6.58. The summed E-state index contributed by atoms with van der Waals surface area (Å²) >= 11 is 11.7. The van der Waals surface area contributed by atoms with Crippen LogP contribution in [0.15, 0.2) is 12.1 Å². The van der Waals surface area contributed by atoms with Crippen molar-refractivity contribution in [2.24, 2.45) is 5.92 Å². The molecule has 0 spiro atoms. The van der Waals surface area contributed by atoms with E-state index < -0.39 is 5.82 Å². The quantitative estimate of drug-likeness (QED) is 0.761. The van der Waals surface area contributed by atoms with Gasteiger partial charge in [-0.25, -0.2) is 4.39 Å². The molecule has 1 atom stereocenters. The van der Waals surface area contributed by atoms with Gasteiger partial charge in [0, 0.05) is 11.1 Å². The zero-order chi connectivity index (χ0) is 13.0. The largest absolute Gasteiger partial charge is 0.310 e. The molecule has 1 nitrogen and oxygen atoms in total. The molecule has 0 aliphatic carbocycles. The van der Waals surface area contributed by atoms with Crippen LogP contribution in [-0.2, 0) is 0 Å². The van der Waals surface area contributed by atoms with Crippen molar-refractivity contribution in [3.63, 3.8) is 0 Å². The summed E-state index contributed by atoms with van der Waals surface area (Å²) in [5, 5.41) is 3.89. The Bertz CT molecular complexity index is 380. The molecule has 17 heavy (non-hydrogen) atoms. The van der Waals surface area contributed by atoms with Gasteiger partial charge in [-0.1, -0.05) is 37.0 Å². The third-order valence-electron chi connectivity index (χ3n) is 2.68. The fourth-order valence-electron chi connectivity index (χ4n) is 1.57. The average molecular weight is 278 g/mol. The normalized spacial score (nSPS) is 13.1. The maximum atomic E-state index is 13.4. The van der Waals surface area contributed by atoms with Crippen molar-refractivity contribution in [3.05, 3.63) is 33.6 Å². The summed E-state index contributed by atoms with van der Waals surface area (Å²) in [6.07, 6.45) is 1.08. The van der Waals surface area contributed by atoms with E-state index >= 15 is 0 Å². The first-order chi connectivity index (χ1) is 7.91. The van der Waals surface area contributed by atoms with Crippen LogP contribution in [0.25, 0.3) is 0 Å². The van der Waals surface area contributed by atoms with Crippen LogP contribution in [-0.4, -0.2) is 6.54 Å². The van der Waals surface area contributed by atoms with Gasteiger partial charge in [0.05, 0.1) is 5.02 Å². The highest BCUT2D eigenvalue weighted by Gasteiger charge is 2.12. The number of rotatable bonds is 5. The third-order valence-corrected chi connectivity index (χ3v) is 3.30. The molecule has 1 aromatic rings. The molecule has 1 rings (SSSR count). The van der Waals surface area contributed by atoms with Crippen molar-refractivity contribution in [1.82, 2.24) is 5.32 Å². The maximum absolute atomic E-state index is 13.4. The van der Waals surface area contributed by atoms with Gasteiger partial charge in [-0.2, -0.15) is 0 Å². The summed E-state index contributed by atoms with van der Waals surface area (Å²) in [4.78, 5) is 0. The molecule has 0 amide bonds. The molecule has 96 valence electrons. The first kappa shape index (κ1) is 14.7. The molecular formula is C13H18Cl2FN. The molecule has 1 unspecified atom stereocenters. The van der Waals surface area contributed by atoms with Gasteiger partial charge in [-0.15, -0.1) is 0 Å². The summed E-state index contributed by atoms with van der Waals surface area (Å²) < 4.78 is 13.4. The van der Waals surface area contributed by atoms with Gasteiger partial charge in [0.2, 0.25) is 0 Å². The lowest BCUT2D eigenvalue weighted by Crippen LogP contribution is -2.21. The number of benzene rings is 1. The fourth-order valence-corrected chi connectivity index (χ4v) is 2.12. The first-order valence-corrected chi connectivity index (χ1v) is 6.55. The number of halogens is 3. The molecule has 1 N–H and O–H groups in total. The zero-order valence-corrected chi connectivity index (χ0v) is 11.9. The minimum atomic E-state index is -0.427. The monoisotopic (exact) mass is 277 g/mol. The highest BCUT2D eigenvalue weighted by Crippen LogP contribution is 2.28. The molecule has 0 heterocycles. The SMILES string of the molecule is CC(C)CCNC(C)c1cc(F)c(Cl)cc1Cl. The van der Waals surface area contributed by atoms with E-state index in [2.05, 4.69) is 19.2 Å². The third kappa shape index (κ3) is 4.46. The highest BCUT2D eigenvalue weighted by molar-refractivity contribution is 6.35. The Morgan fingerprint density at radius 2 is 1.82 bits per heavy atom. The Balaban J connectivity index is 2.68. The summed E-state index contributed by atoms with van der Waals surface area (Å²) in [6, 6.07) is 2.87. The van der Waals surface area contributed by atoms with Crippen molar-refractivity contribution in [1.29, 1.82) is 0 Å². The van der Waals surface area contributed by atoms with Gasteiger partial charge in [-0.05, 0) is 43.5 Å². The average Bonchev–Trinajstić information content (AvgIpc) is 2.22. The van der Waals surface area contributed by atoms with Crippen LogP contribution in [0.3, 0.4) is 0 Å². The standard InChI is InChI=1S/C13H18Cl2FN/c1-8(2)4-5-17-9(3)10-6-13(16)12(15)7-11(10)14/h6-9,17H,4-5H2,1-3H3. The predicted molar refractivity (Wildman–Crippen MR) is 72.3 cm³/mol. The lowest BCUT2D eigenvalue weighted by Gasteiger charge is -2.17. The summed E-state index contributed by atoms with van der Waals surface area (Å²) in [6.45, 7) is 7.19. The maximum Gasteiger partial charge on any atom is 0.142 e. The Labute approximate surface area is 112 Å². The van der Waals surface area contributed by atoms with E-state index in [4.69, 9.17) is 23.2 Å². The molecule has 0 aliphatic rings. The van der Waals surface area contributed by atoms with E-state index in [0.717, 1.165) is 18.5 Å². The number of nitrogens with one attached hydrogen (secondary N) is 1. The summed E-state index contributed by atoms with van der Waals surface area (Å²) in [7, 11) is 0. The van der Waals surface area contributed by atoms with Crippen LogP contribution >= 0.6 is 23.2 Å². The molecule has 0 radical (unpaired) electrons. The van der Waals surface area contributed by atoms with E-state index in [-0.39, 0.29) is 11.1 Å². The van der Waals surface area contributed by atoms with Crippen molar-refractivity contribution < 1.29 is 4.39 Å². The second-order valence-electron chi connectivity index (χ2n) is 4.65. The molecule has 0 bridgehead atoms. The van der Waals surface area contributed by atoms with Crippen molar-refractivity contribution in [3.8, 4) is 0 Å². The van der Waals surface area contributed by atoms with Crippen LogP contribution in [0, 0.1) is 11.7 Å². The van der Waals surface area contributed by atoms with Crippen molar-refractivity contribution in [2.45, 2.75) is 33.2 Å². The van der Waals surface area contributed by atoms with Crippen LogP contribution in [0.2, 0.25) is 10.0 Å². The Morgan fingerprint density at radius 3 is 2.41 bits per heavy atom. The van der Waals surface area contributed by atoms with Crippen LogP contribution in [0.5, 0.6) is 0 Å². The van der Waals surface area contributed by atoms with E-state index in [1.807, 2.05) is 6.92 Å². The van der Waals surface area contributed by atoms with Gasteiger partial charge in [-0.3, -0.25) is 0 Å². The van der Waals surface area contributed by atoms with Crippen LogP contribution in [0.1, 0.15) is 38.8 Å². The van der Waals surface area contributed by atoms with Gasteiger partial charge in [0.1, 0.15) is 5.82 Å². The lowest BCUT2D eigenvalue weighted by atomic mass is 10.1. The summed E-state index contributed by atoms with van der Waals surface area (Å²) in [5.74, 6) is 0.218. The molecular weight excluding hydrogens is 260 g/mol. The molecule has 0 aliphatic heterocycles. The van der Waals surface area contributed by atoms with E-state index in [0.29, 0.717) is 10.9 Å². The molecule has 0 saturated carbocycles. The van der Waals surface area contributed by atoms with E-state index in [1.165, 1.54) is 12.1 Å². The molecule has 0 saturated heterocycles. The minimum Gasteiger partial charge on any atom is -0.310 e. The van der Waals surface area contributed by atoms with Crippen LogP contribution in [0.4, 0.5) is 4.39 Å². The highest BCUT2D eigenvalue weighted by atomic mass is 35.5. The smallest absolute Gasteiger partial charge is 0.142 e. The van der Waals surface area contributed by atoms with Crippen molar-refractivity contribution in [2.75, 3.05) is 6.54 Å². The Morgan fingerprint density at radius 1 is 1.18 bits per heavy atom.